The fraction of sp³-hybridized carbons (Fsp3) is 0.429. The number of carbonyl (C=O) groups is 2. The zero-order valence-electron chi connectivity index (χ0n) is 11.3. The summed E-state index contributed by atoms with van der Waals surface area (Å²) in [5.41, 5.74) is 0.0858. The molecule has 0 aromatic heterocycles. The highest BCUT2D eigenvalue weighted by molar-refractivity contribution is 5.96. The van der Waals surface area contributed by atoms with Gasteiger partial charge < -0.3 is 14.9 Å². The highest BCUT2D eigenvalue weighted by atomic mass is 19.1. The van der Waals surface area contributed by atoms with Crippen LogP contribution in [0.15, 0.2) is 18.2 Å². The highest BCUT2D eigenvalue weighted by Crippen LogP contribution is 2.20. The van der Waals surface area contributed by atoms with Crippen LogP contribution in [0.1, 0.15) is 23.7 Å². The minimum atomic E-state index is -0.585. The van der Waals surface area contributed by atoms with Gasteiger partial charge in [-0.1, -0.05) is 0 Å². The molecule has 108 valence electrons. The van der Waals surface area contributed by atoms with Crippen molar-refractivity contribution in [3.63, 3.8) is 0 Å². The first-order valence-corrected chi connectivity index (χ1v) is 6.52. The molecule has 1 aromatic carbocycles. The van der Waals surface area contributed by atoms with Gasteiger partial charge in [-0.05, 0) is 18.6 Å². The molecule has 0 aliphatic carbocycles. The van der Waals surface area contributed by atoms with Gasteiger partial charge in [0.15, 0.2) is 0 Å². The number of phenolic OH excluding ortho intramolecular Hbond substituents is 1. The van der Waals surface area contributed by atoms with E-state index in [9.17, 15) is 19.1 Å². The molecule has 1 heterocycles. The molecule has 2 amide bonds. The van der Waals surface area contributed by atoms with Crippen molar-refractivity contribution in [2.24, 2.45) is 0 Å². The molecule has 1 aromatic rings. The highest BCUT2D eigenvalue weighted by Gasteiger charge is 2.23. The monoisotopic (exact) mass is 280 g/mol. The quantitative estimate of drug-likeness (QED) is 0.841. The molecule has 0 unspecified atom stereocenters. The number of phenols is 1. The number of rotatable bonds is 1. The Morgan fingerprint density at radius 2 is 1.80 bits per heavy atom. The largest absolute Gasteiger partial charge is 0.507 e. The molecule has 1 fully saturated rings. The van der Waals surface area contributed by atoms with E-state index >= 15 is 0 Å². The van der Waals surface area contributed by atoms with Crippen LogP contribution in [0.4, 0.5) is 4.39 Å². The van der Waals surface area contributed by atoms with Crippen LogP contribution in [-0.4, -0.2) is 52.9 Å². The van der Waals surface area contributed by atoms with Gasteiger partial charge >= 0.3 is 0 Å². The van der Waals surface area contributed by atoms with E-state index in [-0.39, 0.29) is 23.1 Å². The summed E-state index contributed by atoms with van der Waals surface area (Å²) in [6.07, 6.45) is 0.688. The number of carbonyl (C=O) groups excluding carboxylic acids is 2. The van der Waals surface area contributed by atoms with Crippen LogP contribution in [0.25, 0.3) is 0 Å². The van der Waals surface area contributed by atoms with E-state index in [4.69, 9.17) is 0 Å². The van der Waals surface area contributed by atoms with Crippen molar-refractivity contribution in [3.8, 4) is 5.75 Å². The van der Waals surface area contributed by atoms with Crippen molar-refractivity contribution in [2.75, 3.05) is 26.2 Å². The van der Waals surface area contributed by atoms with Crippen LogP contribution in [0.5, 0.6) is 5.75 Å². The zero-order chi connectivity index (χ0) is 14.7. The smallest absolute Gasteiger partial charge is 0.257 e. The molecular weight excluding hydrogens is 263 g/mol. The molecule has 0 saturated carbocycles. The first-order chi connectivity index (χ1) is 9.49. The van der Waals surface area contributed by atoms with Crippen LogP contribution in [0, 0.1) is 5.82 Å². The van der Waals surface area contributed by atoms with E-state index in [1.54, 1.807) is 9.80 Å². The maximum absolute atomic E-state index is 12.9. The minimum Gasteiger partial charge on any atom is -0.507 e. The average molecular weight is 280 g/mol. The predicted molar refractivity (Wildman–Crippen MR) is 70.8 cm³/mol. The summed E-state index contributed by atoms with van der Waals surface area (Å²) in [4.78, 5) is 26.9. The van der Waals surface area contributed by atoms with E-state index in [1.165, 1.54) is 13.0 Å². The average Bonchev–Trinajstić information content (AvgIpc) is 2.63. The molecule has 0 radical (unpaired) electrons. The van der Waals surface area contributed by atoms with E-state index in [0.29, 0.717) is 32.6 Å². The molecule has 0 atom stereocenters. The number of halogens is 1. The zero-order valence-corrected chi connectivity index (χ0v) is 11.3. The molecule has 0 bridgehead atoms. The second-order valence-corrected chi connectivity index (χ2v) is 4.81. The van der Waals surface area contributed by atoms with Crippen molar-refractivity contribution in [1.29, 1.82) is 0 Å². The van der Waals surface area contributed by atoms with Gasteiger partial charge in [0.2, 0.25) is 5.91 Å². The Hall–Kier alpha value is -2.11. The first kappa shape index (κ1) is 14.3. The number of nitrogens with zero attached hydrogens (tertiary/aromatic N) is 2. The van der Waals surface area contributed by atoms with E-state index in [0.717, 1.165) is 12.1 Å². The summed E-state index contributed by atoms with van der Waals surface area (Å²) in [6, 6.07) is 3.35. The third kappa shape index (κ3) is 3.07. The number of aromatic hydroxyl groups is 1. The van der Waals surface area contributed by atoms with Crippen molar-refractivity contribution in [1.82, 2.24) is 9.80 Å². The maximum atomic E-state index is 12.9. The number of benzene rings is 1. The summed E-state index contributed by atoms with van der Waals surface area (Å²) in [6.45, 7) is 3.52. The minimum absolute atomic E-state index is 0.0103. The predicted octanol–water partition coefficient (Wildman–Crippen LogP) is 1.23. The molecule has 1 N–H and O–H groups in total. The van der Waals surface area contributed by atoms with Gasteiger partial charge in [0.05, 0.1) is 5.56 Å². The van der Waals surface area contributed by atoms with Gasteiger partial charge in [-0.25, -0.2) is 4.39 Å². The van der Waals surface area contributed by atoms with Gasteiger partial charge in [0.1, 0.15) is 11.6 Å². The fourth-order valence-electron chi connectivity index (χ4n) is 2.29. The van der Waals surface area contributed by atoms with Gasteiger partial charge in [0.25, 0.3) is 5.91 Å². The molecular formula is C14H17FN2O3. The second kappa shape index (κ2) is 5.90. The van der Waals surface area contributed by atoms with Crippen molar-refractivity contribution < 1.29 is 19.1 Å². The molecule has 1 aliphatic rings. The van der Waals surface area contributed by atoms with Crippen LogP contribution in [-0.2, 0) is 4.79 Å². The van der Waals surface area contributed by atoms with E-state index in [2.05, 4.69) is 0 Å². The summed E-state index contributed by atoms with van der Waals surface area (Å²) >= 11 is 0. The topological polar surface area (TPSA) is 60.9 Å². The Morgan fingerprint density at radius 3 is 2.45 bits per heavy atom. The second-order valence-electron chi connectivity index (χ2n) is 4.81. The summed E-state index contributed by atoms with van der Waals surface area (Å²) in [5, 5.41) is 9.65. The SMILES string of the molecule is CC(=O)N1CCCN(C(=O)c2ccc(F)cc2O)CC1. The number of hydrogen-bond acceptors (Lipinski definition) is 3. The van der Waals surface area contributed by atoms with Crippen molar-refractivity contribution >= 4 is 11.8 Å². The molecule has 1 aliphatic heterocycles. The van der Waals surface area contributed by atoms with E-state index in [1.807, 2.05) is 0 Å². The Labute approximate surface area is 116 Å². The normalized spacial score (nSPS) is 15.9. The fourth-order valence-corrected chi connectivity index (χ4v) is 2.29. The van der Waals surface area contributed by atoms with Gasteiger partial charge in [0, 0.05) is 39.2 Å². The summed E-state index contributed by atoms with van der Waals surface area (Å²) in [7, 11) is 0. The third-order valence-corrected chi connectivity index (χ3v) is 3.42. The Kier molecular flexibility index (Phi) is 4.22. The first-order valence-electron chi connectivity index (χ1n) is 6.52. The van der Waals surface area contributed by atoms with Gasteiger partial charge in [-0.2, -0.15) is 0 Å². The molecule has 0 spiro atoms. The summed E-state index contributed by atoms with van der Waals surface area (Å²) in [5.74, 6) is -1.29. The lowest BCUT2D eigenvalue weighted by Gasteiger charge is -2.21. The van der Waals surface area contributed by atoms with Crippen LogP contribution < -0.4 is 0 Å². The third-order valence-electron chi connectivity index (χ3n) is 3.42. The lowest BCUT2D eigenvalue weighted by molar-refractivity contribution is -0.128. The lowest BCUT2D eigenvalue weighted by Crippen LogP contribution is -2.36. The maximum Gasteiger partial charge on any atom is 0.257 e. The molecule has 6 heteroatoms. The van der Waals surface area contributed by atoms with Gasteiger partial charge in [-0.3, -0.25) is 9.59 Å². The van der Waals surface area contributed by atoms with Crippen LogP contribution in [0.2, 0.25) is 0 Å². The number of hydrogen-bond donors (Lipinski definition) is 1. The lowest BCUT2D eigenvalue weighted by atomic mass is 10.1. The van der Waals surface area contributed by atoms with Crippen molar-refractivity contribution in [2.45, 2.75) is 13.3 Å². The van der Waals surface area contributed by atoms with E-state index < -0.39 is 5.82 Å². The molecule has 2 rings (SSSR count). The molecule has 1 saturated heterocycles. The number of amides is 2. The standard InChI is InChI=1S/C14H17FN2O3/c1-10(18)16-5-2-6-17(8-7-16)14(20)12-4-3-11(15)9-13(12)19/h3-4,9,19H,2,5-8H2,1H3. The molecule has 20 heavy (non-hydrogen) atoms. The Bertz CT molecular complexity index is 533. The Morgan fingerprint density at radius 1 is 1.15 bits per heavy atom. The summed E-state index contributed by atoms with van der Waals surface area (Å²) < 4.78 is 12.9. The Balaban J connectivity index is 2.11. The van der Waals surface area contributed by atoms with Crippen LogP contribution in [0.3, 0.4) is 0 Å². The van der Waals surface area contributed by atoms with Crippen molar-refractivity contribution in [3.05, 3.63) is 29.6 Å². The molecule has 5 nitrogen and oxygen atoms in total. The van der Waals surface area contributed by atoms with Crippen LogP contribution >= 0.6 is 0 Å². The van der Waals surface area contributed by atoms with Gasteiger partial charge in [-0.15, -0.1) is 0 Å².